The van der Waals surface area contributed by atoms with E-state index in [1.807, 2.05) is 0 Å². The Bertz CT molecular complexity index is 858. The van der Waals surface area contributed by atoms with Crippen molar-refractivity contribution in [2.45, 2.75) is 9.79 Å². The predicted molar refractivity (Wildman–Crippen MR) is 83.7 cm³/mol. The molecule has 2 aromatic carbocycles. The predicted octanol–water partition coefficient (Wildman–Crippen LogP) is 0.810. The molecule has 2 aliphatic rings. The molecule has 0 spiro atoms. The fourth-order valence-corrected chi connectivity index (χ4v) is 3.29. The van der Waals surface area contributed by atoms with Crippen molar-refractivity contribution in [3.8, 4) is 0 Å². The van der Waals surface area contributed by atoms with Gasteiger partial charge < -0.3 is 20.4 Å². The van der Waals surface area contributed by atoms with Crippen molar-refractivity contribution in [3.05, 3.63) is 58.7 Å². The third-order valence-corrected chi connectivity index (χ3v) is 4.45. The summed E-state index contributed by atoms with van der Waals surface area (Å²) in [5, 5.41) is 0. The fourth-order valence-electron chi connectivity index (χ4n) is 2.39. The van der Waals surface area contributed by atoms with Gasteiger partial charge in [-0.05, 0) is 36.4 Å². The summed E-state index contributed by atoms with van der Waals surface area (Å²) in [6, 6.07) is 9.53. The van der Waals surface area contributed by atoms with Gasteiger partial charge in [0, 0.05) is 9.79 Å². The first-order valence-electron chi connectivity index (χ1n) is 6.52. The number of ether oxygens (including phenoxy) is 2. The number of rotatable bonds is 2. The number of hydrogen-bond acceptors (Lipinski definition) is 7. The van der Waals surface area contributed by atoms with E-state index in [-0.39, 0.29) is 33.2 Å². The number of carbonyl (C=O) groups excluding carboxylic acids is 4. The lowest BCUT2D eigenvalue weighted by Crippen LogP contribution is -1.96. The molecule has 0 amide bonds. The maximum Gasteiger partial charge on any atom is 0.346 e. The Morgan fingerprint density at radius 3 is 1.32 bits per heavy atom. The monoisotopic (exact) mass is 362 g/mol. The minimum atomic E-state index is -0.671. The van der Waals surface area contributed by atoms with Crippen molar-refractivity contribution >= 4 is 35.6 Å². The third-order valence-electron chi connectivity index (χ3n) is 3.47. The highest BCUT2D eigenvalue weighted by molar-refractivity contribution is 7.99. The van der Waals surface area contributed by atoms with Crippen molar-refractivity contribution < 1.29 is 39.6 Å². The van der Waals surface area contributed by atoms with Crippen LogP contribution in [0.4, 0.5) is 0 Å². The average Bonchev–Trinajstić information content (AvgIpc) is 2.96. The molecule has 9 heteroatoms. The van der Waals surface area contributed by atoms with Crippen LogP contribution < -0.4 is 0 Å². The van der Waals surface area contributed by atoms with E-state index in [1.54, 1.807) is 24.3 Å². The lowest BCUT2D eigenvalue weighted by atomic mass is 10.1. The van der Waals surface area contributed by atoms with Gasteiger partial charge in [-0.1, -0.05) is 11.8 Å². The van der Waals surface area contributed by atoms with Crippen LogP contribution in [-0.2, 0) is 9.47 Å². The van der Waals surface area contributed by atoms with Gasteiger partial charge in [0.2, 0.25) is 0 Å². The van der Waals surface area contributed by atoms with Gasteiger partial charge in [-0.15, -0.1) is 0 Å². The summed E-state index contributed by atoms with van der Waals surface area (Å²) in [4.78, 5) is 47.3. The summed E-state index contributed by atoms with van der Waals surface area (Å²) in [6.07, 6.45) is 0. The van der Waals surface area contributed by atoms with Crippen LogP contribution in [0.1, 0.15) is 41.4 Å². The standard InChI is InChI=1S/C16H6O6S.2H2O/c17-13-9-3-1-7(5-11(9)15(19)21-13)23-8-2-4-10-12(6-8)16(20)22-14(10)18;;/h1-6H;2*1H2. The van der Waals surface area contributed by atoms with Gasteiger partial charge in [0.25, 0.3) is 0 Å². The normalized spacial score (nSPS) is 14.1. The van der Waals surface area contributed by atoms with E-state index in [0.717, 1.165) is 0 Å². The number of carbonyl (C=O) groups is 4. The summed E-state index contributed by atoms with van der Waals surface area (Å²) in [5.74, 6) is -2.65. The zero-order valence-corrected chi connectivity index (χ0v) is 13.1. The molecule has 2 heterocycles. The molecule has 4 N–H and O–H groups in total. The van der Waals surface area contributed by atoms with Crippen molar-refractivity contribution in [2.24, 2.45) is 0 Å². The van der Waals surface area contributed by atoms with Crippen LogP contribution in [0.2, 0.25) is 0 Å². The van der Waals surface area contributed by atoms with E-state index in [0.29, 0.717) is 9.79 Å². The van der Waals surface area contributed by atoms with Crippen molar-refractivity contribution in [1.82, 2.24) is 0 Å². The lowest BCUT2D eigenvalue weighted by Gasteiger charge is -2.03. The van der Waals surface area contributed by atoms with Gasteiger partial charge in [0.1, 0.15) is 0 Å². The van der Waals surface area contributed by atoms with Gasteiger partial charge in [-0.3, -0.25) is 0 Å². The van der Waals surface area contributed by atoms with E-state index in [1.165, 1.54) is 23.9 Å². The molecule has 25 heavy (non-hydrogen) atoms. The summed E-state index contributed by atoms with van der Waals surface area (Å²) < 4.78 is 9.07. The molecule has 0 radical (unpaired) electrons. The highest BCUT2D eigenvalue weighted by Crippen LogP contribution is 2.33. The van der Waals surface area contributed by atoms with Crippen LogP contribution in [0.5, 0.6) is 0 Å². The second-order valence-corrected chi connectivity index (χ2v) is 6.02. The summed E-state index contributed by atoms with van der Waals surface area (Å²) in [5.41, 5.74) is 0.913. The van der Waals surface area contributed by atoms with Crippen LogP contribution in [0, 0.1) is 0 Å². The summed E-state index contributed by atoms with van der Waals surface area (Å²) in [7, 11) is 0. The van der Waals surface area contributed by atoms with Gasteiger partial charge >= 0.3 is 23.9 Å². The molecule has 0 unspecified atom stereocenters. The molecule has 0 fully saturated rings. The third kappa shape index (κ3) is 2.91. The minimum absolute atomic E-state index is 0. The molecule has 0 bridgehead atoms. The number of fused-ring (bicyclic) bond motifs is 2. The Balaban J connectivity index is 0.00000113. The maximum atomic E-state index is 11.6. The molecule has 128 valence electrons. The second-order valence-electron chi connectivity index (χ2n) is 4.87. The zero-order chi connectivity index (χ0) is 16.1. The van der Waals surface area contributed by atoms with Crippen LogP contribution in [-0.4, -0.2) is 34.8 Å². The number of benzene rings is 2. The average molecular weight is 362 g/mol. The van der Waals surface area contributed by atoms with E-state index in [4.69, 9.17) is 0 Å². The highest BCUT2D eigenvalue weighted by atomic mass is 32.2. The second kappa shape index (κ2) is 6.48. The number of cyclic esters (lactones) is 4. The molecular formula is C16H10O8S. The van der Waals surface area contributed by atoms with Crippen LogP contribution in [0.3, 0.4) is 0 Å². The molecule has 0 saturated heterocycles. The largest absolute Gasteiger partial charge is 0.412 e. The molecule has 0 aliphatic carbocycles. The fraction of sp³-hybridized carbons (Fsp3) is 0. The van der Waals surface area contributed by atoms with E-state index in [9.17, 15) is 19.2 Å². The zero-order valence-electron chi connectivity index (χ0n) is 12.3. The molecule has 8 nitrogen and oxygen atoms in total. The van der Waals surface area contributed by atoms with E-state index in [2.05, 4.69) is 9.47 Å². The van der Waals surface area contributed by atoms with Crippen LogP contribution in [0.15, 0.2) is 46.2 Å². The highest BCUT2D eigenvalue weighted by Gasteiger charge is 2.31. The van der Waals surface area contributed by atoms with Crippen molar-refractivity contribution in [3.63, 3.8) is 0 Å². The van der Waals surface area contributed by atoms with Crippen LogP contribution in [0.25, 0.3) is 0 Å². The lowest BCUT2D eigenvalue weighted by molar-refractivity contribution is 0.0425. The quantitative estimate of drug-likeness (QED) is 0.566. The first-order chi connectivity index (χ1) is 11.0. The topological polar surface area (TPSA) is 150 Å². The van der Waals surface area contributed by atoms with Crippen LogP contribution >= 0.6 is 11.8 Å². The Morgan fingerprint density at radius 1 is 0.560 bits per heavy atom. The van der Waals surface area contributed by atoms with Gasteiger partial charge in [-0.25, -0.2) is 19.2 Å². The molecule has 4 rings (SSSR count). The summed E-state index contributed by atoms with van der Waals surface area (Å²) >= 11 is 1.29. The Kier molecular flexibility index (Phi) is 4.75. The summed E-state index contributed by atoms with van der Waals surface area (Å²) in [6.45, 7) is 0. The molecule has 0 saturated carbocycles. The first-order valence-corrected chi connectivity index (χ1v) is 7.33. The van der Waals surface area contributed by atoms with Gasteiger partial charge in [0.15, 0.2) is 0 Å². The Hall–Kier alpha value is -3.01. The molecular weight excluding hydrogens is 352 g/mol. The number of hydrogen-bond donors (Lipinski definition) is 0. The SMILES string of the molecule is O.O.O=C1OC(=O)c2cc(Sc3ccc4c(c3)C(=O)OC4=O)ccc21. The molecule has 2 aromatic rings. The first kappa shape index (κ1) is 18.3. The molecule has 0 aromatic heterocycles. The maximum absolute atomic E-state index is 11.6. The van der Waals surface area contributed by atoms with Crippen molar-refractivity contribution in [2.75, 3.05) is 0 Å². The van der Waals surface area contributed by atoms with Gasteiger partial charge in [0.05, 0.1) is 22.3 Å². The smallest absolute Gasteiger partial charge is 0.346 e. The molecule has 2 aliphatic heterocycles. The van der Waals surface area contributed by atoms with Crippen molar-refractivity contribution in [1.29, 1.82) is 0 Å². The van der Waals surface area contributed by atoms with E-state index >= 15 is 0 Å². The van der Waals surface area contributed by atoms with E-state index < -0.39 is 23.9 Å². The Morgan fingerprint density at radius 2 is 0.920 bits per heavy atom. The van der Waals surface area contributed by atoms with Gasteiger partial charge in [-0.2, -0.15) is 0 Å². The number of esters is 4. The molecule has 0 atom stereocenters. The Labute approximate surface area is 144 Å². The minimum Gasteiger partial charge on any atom is -0.412 e.